The van der Waals surface area contributed by atoms with Gasteiger partial charge in [0.2, 0.25) is 28.6 Å². The van der Waals surface area contributed by atoms with E-state index in [9.17, 15) is 18.0 Å². The van der Waals surface area contributed by atoms with Gasteiger partial charge in [0.05, 0.1) is 22.0 Å². The molecule has 0 radical (unpaired) electrons. The van der Waals surface area contributed by atoms with E-state index in [0.29, 0.717) is 27.1 Å². The van der Waals surface area contributed by atoms with E-state index in [4.69, 9.17) is 32.7 Å². The summed E-state index contributed by atoms with van der Waals surface area (Å²) in [7, 11) is -2.43. The lowest BCUT2D eigenvalue weighted by atomic mass is 10.0. The lowest BCUT2D eigenvalue weighted by Gasteiger charge is -2.33. The quantitative estimate of drug-likeness (QED) is 0.383. The normalized spacial score (nSPS) is 13.0. The van der Waals surface area contributed by atoms with Crippen molar-refractivity contribution in [2.75, 3.05) is 30.9 Å². The van der Waals surface area contributed by atoms with E-state index in [1.54, 1.807) is 24.3 Å². The van der Waals surface area contributed by atoms with Crippen LogP contribution in [0.25, 0.3) is 0 Å². The summed E-state index contributed by atoms with van der Waals surface area (Å²) in [5.74, 6) is -0.147. The second-order valence-electron chi connectivity index (χ2n) is 8.90. The van der Waals surface area contributed by atoms with Crippen LogP contribution in [0.15, 0.2) is 66.7 Å². The number of benzene rings is 3. The first-order valence-electron chi connectivity index (χ1n) is 11.9. The lowest BCUT2D eigenvalue weighted by Crippen LogP contribution is -2.52. The summed E-state index contributed by atoms with van der Waals surface area (Å²) in [5, 5.41) is 3.26. The molecule has 0 fully saturated rings. The van der Waals surface area contributed by atoms with Gasteiger partial charge >= 0.3 is 0 Å². The molecule has 3 aromatic carbocycles. The number of rotatable bonds is 10. The SMILES string of the molecule is CNC(=O)C(Cc1ccccc1)N(Cc1ccc(Cl)c(Cl)c1)C(=O)CN(c1ccc2c(c1)OCO2)S(C)(=O)=O. The molecule has 4 rings (SSSR count). The number of sulfonamides is 1. The predicted molar refractivity (Wildman–Crippen MR) is 150 cm³/mol. The minimum absolute atomic E-state index is 0.0145. The maximum absolute atomic E-state index is 13.9. The summed E-state index contributed by atoms with van der Waals surface area (Å²) in [4.78, 5) is 28.4. The number of amides is 2. The summed E-state index contributed by atoms with van der Waals surface area (Å²) in [6.07, 6.45) is 1.21. The van der Waals surface area contributed by atoms with Gasteiger partial charge in [-0.15, -0.1) is 0 Å². The van der Waals surface area contributed by atoms with Crippen LogP contribution in [0, 0.1) is 0 Å². The van der Waals surface area contributed by atoms with Crippen LogP contribution in [0.5, 0.6) is 11.5 Å². The second kappa shape index (κ2) is 12.1. The Hall–Kier alpha value is -3.47. The molecular weight excluding hydrogens is 565 g/mol. The van der Waals surface area contributed by atoms with Gasteiger partial charge in [-0.1, -0.05) is 59.6 Å². The Balaban J connectivity index is 1.72. The highest BCUT2D eigenvalue weighted by Gasteiger charge is 2.33. The van der Waals surface area contributed by atoms with Gasteiger partial charge in [0, 0.05) is 26.1 Å². The molecule has 39 heavy (non-hydrogen) atoms. The summed E-state index contributed by atoms with van der Waals surface area (Å²) in [6, 6.07) is 17.8. The third-order valence-electron chi connectivity index (χ3n) is 6.18. The molecule has 1 heterocycles. The Morgan fingerprint density at radius 2 is 1.67 bits per heavy atom. The van der Waals surface area contributed by atoms with Gasteiger partial charge in [0.15, 0.2) is 11.5 Å². The molecule has 0 bridgehead atoms. The van der Waals surface area contributed by atoms with E-state index in [1.807, 2.05) is 30.3 Å². The van der Waals surface area contributed by atoms with Crippen molar-refractivity contribution in [3.8, 4) is 11.5 Å². The van der Waals surface area contributed by atoms with Crippen LogP contribution in [0.1, 0.15) is 11.1 Å². The number of hydrogen-bond donors (Lipinski definition) is 1. The molecular formula is C27H27Cl2N3O6S. The Bertz CT molecular complexity index is 1470. The van der Waals surface area contributed by atoms with Crippen LogP contribution in [-0.4, -0.2) is 57.8 Å². The first-order valence-corrected chi connectivity index (χ1v) is 14.5. The topological polar surface area (TPSA) is 105 Å². The fourth-order valence-electron chi connectivity index (χ4n) is 4.21. The largest absolute Gasteiger partial charge is 0.454 e. The predicted octanol–water partition coefficient (Wildman–Crippen LogP) is 3.87. The van der Waals surface area contributed by atoms with Crippen molar-refractivity contribution >= 4 is 50.7 Å². The van der Waals surface area contributed by atoms with E-state index in [1.165, 1.54) is 24.1 Å². The van der Waals surface area contributed by atoms with Gasteiger partial charge in [-0.25, -0.2) is 8.42 Å². The number of carbonyl (C=O) groups excluding carboxylic acids is 2. The molecule has 1 atom stereocenters. The number of nitrogens with zero attached hydrogens (tertiary/aromatic N) is 2. The zero-order chi connectivity index (χ0) is 28.2. The Kier molecular flexibility index (Phi) is 8.89. The minimum atomic E-state index is -3.91. The number of nitrogens with one attached hydrogen (secondary N) is 1. The van der Waals surface area contributed by atoms with E-state index < -0.39 is 34.4 Å². The average molecular weight is 593 g/mol. The van der Waals surface area contributed by atoms with Gasteiger partial charge in [-0.3, -0.25) is 13.9 Å². The zero-order valence-electron chi connectivity index (χ0n) is 21.3. The molecule has 0 aromatic heterocycles. The van der Waals surface area contributed by atoms with E-state index >= 15 is 0 Å². The van der Waals surface area contributed by atoms with E-state index in [-0.39, 0.29) is 25.4 Å². The first-order chi connectivity index (χ1) is 18.6. The minimum Gasteiger partial charge on any atom is -0.454 e. The van der Waals surface area contributed by atoms with Crippen LogP contribution in [-0.2, 0) is 32.6 Å². The zero-order valence-corrected chi connectivity index (χ0v) is 23.6. The average Bonchev–Trinajstić information content (AvgIpc) is 3.38. The molecule has 0 spiro atoms. The molecule has 0 saturated carbocycles. The number of ether oxygens (including phenoxy) is 2. The fourth-order valence-corrected chi connectivity index (χ4v) is 5.37. The number of likely N-dealkylation sites (N-methyl/N-ethyl adjacent to an activating group) is 1. The summed E-state index contributed by atoms with van der Waals surface area (Å²) in [6.45, 7) is -0.553. The summed E-state index contributed by atoms with van der Waals surface area (Å²) < 4.78 is 37.4. The van der Waals surface area contributed by atoms with E-state index in [0.717, 1.165) is 16.1 Å². The number of halogens is 2. The third-order valence-corrected chi connectivity index (χ3v) is 8.06. The monoisotopic (exact) mass is 591 g/mol. The van der Waals surface area contributed by atoms with Crippen molar-refractivity contribution in [3.63, 3.8) is 0 Å². The van der Waals surface area contributed by atoms with Crippen LogP contribution in [0.2, 0.25) is 10.0 Å². The number of fused-ring (bicyclic) bond motifs is 1. The van der Waals surface area contributed by atoms with Crippen molar-refractivity contribution < 1.29 is 27.5 Å². The maximum Gasteiger partial charge on any atom is 0.244 e. The molecule has 12 heteroatoms. The van der Waals surface area contributed by atoms with Crippen molar-refractivity contribution in [2.24, 2.45) is 0 Å². The molecule has 9 nitrogen and oxygen atoms in total. The number of hydrogen-bond acceptors (Lipinski definition) is 6. The van der Waals surface area contributed by atoms with Gasteiger partial charge < -0.3 is 19.7 Å². The highest BCUT2D eigenvalue weighted by molar-refractivity contribution is 7.92. The molecule has 3 aromatic rings. The Morgan fingerprint density at radius 3 is 2.33 bits per heavy atom. The van der Waals surface area contributed by atoms with Crippen LogP contribution >= 0.6 is 23.2 Å². The van der Waals surface area contributed by atoms with Gasteiger partial charge in [-0.05, 0) is 35.4 Å². The van der Waals surface area contributed by atoms with Crippen LogP contribution in [0.4, 0.5) is 5.69 Å². The smallest absolute Gasteiger partial charge is 0.244 e. The molecule has 1 aliphatic rings. The van der Waals surface area contributed by atoms with E-state index in [2.05, 4.69) is 5.32 Å². The van der Waals surface area contributed by atoms with Crippen molar-refractivity contribution in [2.45, 2.75) is 19.0 Å². The number of carbonyl (C=O) groups is 2. The van der Waals surface area contributed by atoms with Crippen molar-refractivity contribution in [1.82, 2.24) is 10.2 Å². The highest BCUT2D eigenvalue weighted by Crippen LogP contribution is 2.36. The molecule has 2 amide bonds. The lowest BCUT2D eigenvalue weighted by molar-refractivity contribution is -0.139. The highest BCUT2D eigenvalue weighted by atomic mass is 35.5. The Morgan fingerprint density at radius 1 is 0.949 bits per heavy atom. The van der Waals surface area contributed by atoms with Crippen molar-refractivity contribution in [1.29, 1.82) is 0 Å². The maximum atomic E-state index is 13.9. The summed E-state index contributed by atoms with van der Waals surface area (Å²) in [5.41, 5.74) is 1.67. The molecule has 0 aliphatic carbocycles. The molecule has 1 N–H and O–H groups in total. The van der Waals surface area contributed by atoms with Gasteiger partial charge in [-0.2, -0.15) is 0 Å². The first kappa shape index (κ1) is 28.5. The number of anilines is 1. The van der Waals surface area contributed by atoms with Gasteiger partial charge in [0.1, 0.15) is 12.6 Å². The van der Waals surface area contributed by atoms with Crippen LogP contribution in [0.3, 0.4) is 0 Å². The van der Waals surface area contributed by atoms with Gasteiger partial charge in [0.25, 0.3) is 0 Å². The third kappa shape index (κ3) is 6.95. The molecule has 206 valence electrons. The second-order valence-corrected chi connectivity index (χ2v) is 11.6. The van der Waals surface area contributed by atoms with Crippen LogP contribution < -0.4 is 19.1 Å². The standard InChI is InChI=1S/C27H27Cl2N3O6S/c1-30-27(34)23(13-18-6-4-3-5-7-18)31(15-19-8-10-21(28)22(29)12-19)26(33)16-32(39(2,35)36)20-9-11-24-25(14-20)38-17-37-24/h3-12,14,23H,13,15-17H2,1-2H3,(H,30,34). The fraction of sp³-hybridized carbons (Fsp3) is 0.259. The molecule has 1 unspecified atom stereocenters. The van der Waals surface area contributed by atoms with Crippen molar-refractivity contribution in [3.05, 3.63) is 87.9 Å². The Labute approximate surface area is 237 Å². The molecule has 1 aliphatic heterocycles. The molecule has 0 saturated heterocycles. The summed E-state index contributed by atoms with van der Waals surface area (Å²) >= 11 is 12.3.